The molecular formula is C27H32N6O4S. The van der Waals surface area contributed by atoms with Gasteiger partial charge in [0.15, 0.2) is 0 Å². The van der Waals surface area contributed by atoms with Gasteiger partial charge in [-0.15, -0.1) is 5.10 Å². The van der Waals surface area contributed by atoms with E-state index in [0.29, 0.717) is 43.2 Å². The molecule has 0 unspecified atom stereocenters. The van der Waals surface area contributed by atoms with Crippen LogP contribution in [0.4, 0.5) is 0 Å². The van der Waals surface area contributed by atoms with Crippen LogP contribution in [0.5, 0.6) is 5.75 Å². The zero-order valence-corrected chi connectivity index (χ0v) is 22.1. The van der Waals surface area contributed by atoms with Crippen molar-refractivity contribution in [3.8, 4) is 5.75 Å². The van der Waals surface area contributed by atoms with Crippen LogP contribution >= 0.6 is 11.8 Å². The van der Waals surface area contributed by atoms with Gasteiger partial charge in [-0.1, -0.05) is 47.7 Å². The average molecular weight is 537 g/mol. The summed E-state index contributed by atoms with van der Waals surface area (Å²) < 4.78 is 7.43. The Morgan fingerprint density at radius 2 is 1.79 bits per heavy atom. The lowest BCUT2D eigenvalue weighted by atomic mass is 10.0. The lowest BCUT2D eigenvalue weighted by Gasteiger charge is -2.23. The number of amides is 3. The highest BCUT2D eigenvalue weighted by atomic mass is 32.2. The molecule has 2 aliphatic heterocycles. The number of hydrogen-bond acceptors (Lipinski definition) is 7. The van der Waals surface area contributed by atoms with Crippen LogP contribution in [-0.2, 0) is 40.3 Å². The monoisotopic (exact) mass is 536 g/mol. The molecule has 0 spiro atoms. The Bertz CT molecular complexity index is 1220. The van der Waals surface area contributed by atoms with Crippen LogP contribution in [0.2, 0.25) is 0 Å². The minimum atomic E-state index is -0.833. The summed E-state index contributed by atoms with van der Waals surface area (Å²) in [5, 5.41) is 16.8. The number of benzene rings is 2. The van der Waals surface area contributed by atoms with E-state index in [2.05, 4.69) is 26.3 Å². The highest BCUT2D eigenvalue weighted by Gasteiger charge is 2.27. The highest BCUT2D eigenvalue weighted by molar-refractivity contribution is 7.98. The Morgan fingerprint density at radius 1 is 1.00 bits per heavy atom. The number of nitrogens with one attached hydrogen (secondary N) is 3. The van der Waals surface area contributed by atoms with Crippen LogP contribution in [0.3, 0.4) is 0 Å². The maximum atomic E-state index is 13.4. The quantitative estimate of drug-likeness (QED) is 0.422. The lowest BCUT2D eigenvalue weighted by Crippen LogP contribution is -2.54. The van der Waals surface area contributed by atoms with Gasteiger partial charge < -0.3 is 20.7 Å². The van der Waals surface area contributed by atoms with Crippen LogP contribution < -0.4 is 20.7 Å². The van der Waals surface area contributed by atoms with Gasteiger partial charge in [0.25, 0.3) is 0 Å². The molecule has 200 valence electrons. The van der Waals surface area contributed by atoms with E-state index in [4.69, 9.17) is 4.74 Å². The molecule has 2 aromatic carbocycles. The molecule has 4 bridgehead atoms. The fourth-order valence-corrected chi connectivity index (χ4v) is 4.53. The summed E-state index contributed by atoms with van der Waals surface area (Å²) in [4.78, 5) is 39.4. The Balaban J connectivity index is 1.57. The molecule has 0 aliphatic carbocycles. The molecular weight excluding hydrogens is 504 g/mol. The SMILES string of the molecule is CSCC[C@@H]1NC(=O)Cc2ccc(cc2)OCCn2cc(nn2)CNC(=O)[C@@H](Cc2ccccc2)NC1=O. The minimum Gasteiger partial charge on any atom is -0.492 e. The first-order valence-corrected chi connectivity index (χ1v) is 13.9. The largest absolute Gasteiger partial charge is 0.492 e. The first kappa shape index (κ1) is 27.2. The Morgan fingerprint density at radius 3 is 2.55 bits per heavy atom. The van der Waals surface area contributed by atoms with Crippen molar-refractivity contribution in [3.05, 3.63) is 77.6 Å². The average Bonchev–Trinajstić information content (AvgIpc) is 3.38. The third-order valence-electron chi connectivity index (χ3n) is 6.08. The topological polar surface area (TPSA) is 127 Å². The summed E-state index contributed by atoms with van der Waals surface area (Å²) >= 11 is 1.58. The molecule has 3 heterocycles. The number of thioether (sulfide) groups is 1. The first-order valence-electron chi connectivity index (χ1n) is 12.5. The number of carbonyl (C=O) groups excluding carboxylic acids is 3. The molecule has 0 fully saturated rings. The van der Waals surface area contributed by atoms with E-state index in [1.54, 1.807) is 22.6 Å². The van der Waals surface area contributed by atoms with Crippen LogP contribution in [0.25, 0.3) is 0 Å². The van der Waals surface area contributed by atoms with Crippen molar-refractivity contribution in [1.29, 1.82) is 0 Å². The lowest BCUT2D eigenvalue weighted by molar-refractivity contribution is -0.132. The summed E-state index contributed by atoms with van der Waals surface area (Å²) in [7, 11) is 0. The second-order valence-electron chi connectivity index (χ2n) is 9.01. The van der Waals surface area contributed by atoms with E-state index in [-0.39, 0.29) is 24.8 Å². The first-order chi connectivity index (χ1) is 18.5. The Hall–Kier alpha value is -3.86. The number of fused-ring (bicyclic) bond motifs is 13. The summed E-state index contributed by atoms with van der Waals surface area (Å²) in [5.74, 6) is 0.350. The Labute approximate surface area is 225 Å². The van der Waals surface area contributed by atoms with E-state index in [1.165, 1.54) is 0 Å². The molecule has 5 rings (SSSR count). The third kappa shape index (κ3) is 8.07. The number of aromatic nitrogens is 3. The van der Waals surface area contributed by atoms with E-state index in [9.17, 15) is 14.4 Å². The van der Waals surface area contributed by atoms with Crippen molar-refractivity contribution in [3.63, 3.8) is 0 Å². The number of hydrogen-bond donors (Lipinski definition) is 3. The zero-order chi connectivity index (χ0) is 26.7. The van der Waals surface area contributed by atoms with Gasteiger partial charge in [-0.3, -0.25) is 14.4 Å². The summed E-state index contributed by atoms with van der Waals surface area (Å²) in [5.41, 5.74) is 2.30. The predicted octanol–water partition coefficient (Wildman–Crippen LogP) is 1.49. The van der Waals surface area contributed by atoms with Gasteiger partial charge in [0.05, 0.1) is 25.7 Å². The molecule has 2 aliphatic rings. The van der Waals surface area contributed by atoms with Crippen LogP contribution in [-0.4, -0.2) is 63.4 Å². The smallest absolute Gasteiger partial charge is 0.243 e. The van der Waals surface area contributed by atoms with Gasteiger partial charge in [0.1, 0.15) is 30.1 Å². The summed E-state index contributed by atoms with van der Waals surface area (Å²) in [6, 6.07) is 15.2. The molecule has 0 saturated carbocycles. The van der Waals surface area contributed by atoms with E-state index in [1.807, 2.05) is 60.9 Å². The zero-order valence-electron chi connectivity index (χ0n) is 21.3. The van der Waals surface area contributed by atoms with Crippen LogP contribution in [0.15, 0.2) is 60.8 Å². The molecule has 38 heavy (non-hydrogen) atoms. The third-order valence-corrected chi connectivity index (χ3v) is 6.73. The summed E-state index contributed by atoms with van der Waals surface area (Å²) in [6.07, 6.45) is 4.56. The maximum absolute atomic E-state index is 13.4. The predicted molar refractivity (Wildman–Crippen MR) is 145 cm³/mol. The molecule has 3 aromatic rings. The molecule has 0 saturated heterocycles. The molecule has 3 N–H and O–H groups in total. The van der Waals surface area contributed by atoms with Gasteiger partial charge in [0.2, 0.25) is 17.7 Å². The molecule has 2 atom stereocenters. The maximum Gasteiger partial charge on any atom is 0.243 e. The van der Waals surface area contributed by atoms with Gasteiger partial charge in [-0.05, 0) is 41.7 Å². The van der Waals surface area contributed by atoms with Crippen molar-refractivity contribution >= 4 is 29.5 Å². The molecule has 1 aromatic heterocycles. The number of rotatable bonds is 5. The Kier molecular flexibility index (Phi) is 9.74. The normalized spacial score (nSPS) is 19.1. The van der Waals surface area contributed by atoms with Gasteiger partial charge in [-0.2, -0.15) is 11.8 Å². The number of nitrogens with zero attached hydrogens (tertiary/aromatic N) is 3. The fraction of sp³-hybridized carbons (Fsp3) is 0.370. The molecule has 0 radical (unpaired) electrons. The summed E-state index contributed by atoms with van der Waals surface area (Å²) in [6.45, 7) is 1.03. The van der Waals surface area contributed by atoms with Crippen molar-refractivity contribution in [1.82, 2.24) is 30.9 Å². The minimum absolute atomic E-state index is 0.124. The van der Waals surface area contributed by atoms with Crippen molar-refractivity contribution in [2.24, 2.45) is 0 Å². The van der Waals surface area contributed by atoms with Crippen molar-refractivity contribution in [2.75, 3.05) is 18.6 Å². The van der Waals surface area contributed by atoms with Crippen molar-refractivity contribution in [2.45, 2.75) is 44.4 Å². The molecule has 10 nitrogen and oxygen atoms in total. The van der Waals surface area contributed by atoms with Gasteiger partial charge in [0, 0.05) is 6.42 Å². The molecule has 3 amide bonds. The van der Waals surface area contributed by atoms with Crippen LogP contribution in [0.1, 0.15) is 23.2 Å². The second kappa shape index (κ2) is 13.6. The van der Waals surface area contributed by atoms with Gasteiger partial charge >= 0.3 is 0 Å². The highest BCUT2D eigenvalue weighted by Crippen LogP contribution is 2.13. The van der Waals surface area contributed by atoms with Crippen molar-refractivity contribution < 1.29 is 19.1 Å². The van der Waals surface area contributed by atoms with E-state index in [0.717, 1.165) is 11.1 Å². The fourth-order valence-electron chi connectivity index (χ4n) is 4.06. The van der Waals surface area contributed by atoms with Gasteiger partial charge in [-0.25, -0.2) is 4.68 Å². The standard InChI is InChI=1S/C27H32N6O4S/c1-38-14-11-23-27(36)30-24(15-19-5-3-2-4-6-19)26(35)28-17-21-18-33(32-31-21)12-13-37-22-9-7-20(8-10-22)16-25(34)29-23/h2-10,18,23-24H,11-17H2,1H3,(H,28,35)(H,29,34)(H,30,36)/t23-,24+/m0/s1. The van der Waals surface area contributed by atoms with E-state index >= 15 is 0 Å². The van der Waals surface area contributed by atoms with Crippen LogP contribution in [0, 0.1) is 0 Å². The van der Waals surface area contributed by atoms with E-state index < -0.39 is 18.0 Å². The molecule has 11 heteroatoms. The second-order valence-corrected chi connectivity index (χ2v) is 10.00. The number of carbonyl (C=O) groups is 3. The number of ether oxygens (including phenoxy) is 1.